The minimum atomic E-state index is -0.542. The van der Waals surface area contributed by atoms with Crippen LogP contribution in [0.2, 0.25) is 0 Å². The second-order valence-electron chi connectivity index (χ2n) is 4.16. The summed E-state index contributed by atoms with van der Waals surface area (Å²) in [5, 5.41) is 3.85. The zero-order valence-electron chi connectivity index (χ0n) is 11.7. The van der Waals surface area contributed by atoms with Gasteiger partial charge in [-0.25, -0.2) is 9.97 Å². The summed E-state index contributed by atoms with van der Waals surface area (Å²) in [5.41, 5.74) is 0.561. The molecule has 2 rings (SSSR count). The lowest BCUT2D eigenvalue weighted by Gasteiger charge is -2.08. The molecule has 7 nitrogen and oxygen atoms in total. The molecule has 0 aliphatic carbocycles. The van der Waals surface area contributed by atoms with Gasteiger partial charge in [-0.15, -0.1) is 0 Å². The number of hydrogen-bond donors (Lipinski definition) is 0. The number of ether oxygens (including phenoxy) is 1. The Balaban J connectivity index is 2.25. The number of aryl methyl sites for hydroxylation is 1. The molecule has 0 amide bonds. The number of nitrogens with zero attached hydrogens (tertiary/aromatic N) is 4. The Morgan fingerprint density at radius 2 is 2.20 bits per heavy atom. The molecule has 1 unspecified atom stereocenters. The molecule has 106 valence electrons. The Morgan fingerprint density at radius 3 is 2.85 bits per heavy atom. The summed E-state index contributed by atoms with van der Waals surface area (Å²) in [7, 11) is 0. The second kappa shape index (κ2) is 6.23. The van der Waals surface area contributed by atoms with E-state index in [0.29, 0.717) is 30.4 Å². The van der Waals surface area contributed by atoms with Gasteiger partial charge >= 0.3 is 5.97 Å². The van der Waals surface area contributed by atoms with Gasteiger partial charge in [0.15, 0.2) is 0 Å². The Hall–Kier alpha value is -2.31. The van der Waals surface area contributed by atoms with Gasteiger partial charge in [0, 0.05) is 6.20 Å². The third-order valence-corrected chi connectivity index (χ3v) is 2.72. The first-order valence-electron chi connectivity index (χ1n) is 6.46. The van der Waals surface area contributed by atoms with Crippen molar-refractivity contribution in [1.29, 1.82) is 0 Å². The average Bonchev–Trinajstić information content (AvgIpc) is 2.89. The molecular weight excluding hydrogens is 260 g/mol. The van der Waals surface area contributed by atoms with E-state index in [1.807, 2.05) is 6.92 Å². The molecule has 20 heavy (non-hydrogen) atoms. The van der Waals surface area contributed by atoms with E-state index in [2.05, 4.69) is 20.1 Å². The molecule has 0 aliphatic rings. The van der Waals surface area contributed by atoms with Crippen LogP contribution in [0.5, 0.6) is 0 Å². The fraction of sp³-hybridized carbons (Fsp3) is 0.462. The summed E-state index contributed by atoms with van der Waals surface area (Å²) in [4.78, 5) is 24.2. The molecule has 0 saturated heterocycles. The summed E-state index contributed by atoms with van der Waals surface area (Å²) in [6, 6.07) is 1.69. The van der Waals surface area contributed by atoms with Gasteiger partial charge in [0.05, 0.1) is 6.61 Å². The quantitative estimate of drug-likeness (QED) is 0.770. The van der Waals surface area contributed by atoms with Crippen molar-refractivity contribution in [3.63, 3.8) is 0 Å². The molecule has 2 heterocycles. The normalized spacial score (nSPS) is 12.2. The van der Waals surface area contributed by atoms with Gasteiger partial charge in [0.2, 0.25) is 11.7 Å². The van der Waals surface area contributed by atoms with Gasteiger partial charge in [0.1, 0.15) is 17.4 Å². The van der Waals surface area contributed by atoms with E-state index in [-0.39, 0.29) is 11.9 Å². The van der Waals surface area contributed by atoms with Crippen LogP contribution in [0.4, 0.5) is 0 Å². The SMILES string of the molecule is CCOC(=O)C(CC)c1nc(-c2ccnc(C)n2)no1. The van der Waals surface area contributed by atoms with Crippen molar-refractivity contribution < 1.29 is 14.1 Å². The minimum absolute atomic E-state index is 0.247. The van der Waals surface area contributed by atoms with Gasteiger partial charge in [-0.05, 0) is 26.3 Å². The van der Waals surface area contributed by atoms with Crippen molar-refractivity contribution in [1.82, 2.24) is 20.1 Å². The lowest BCUT2D eigenvalue weighted by molar-refractivity contribution is -0.145. The fourth-order valence-electron chi connectivity index (χ4n) is 1.75. The lowest BCUT2D eigenvalue weighted by atomic mass is 10.1. The van der Waals surface area contributed by atoms with Crippen LogP contribution in [0, 0.1) is 6.92 Å². The summed E-state index contributed by atoms with van der Waals surface area (Å²) in [6.45, 7) is 5.72. The van der Waals surface area contributed by atoms with Crippen molar-refractivity contribution in [3.05, 3.63) is 24.0 Å². The Kier molecular flexibility index (Phi) is 4.39. The van der Waals surface area contributed by atoms with Crippen molar-refractivity contribution >= 4 is 5.97 Å². The van der Waals surface area contributed by atoms with Crippen LogP contribution in [0.15, 0.2) is 16.8 Å². The molecule has 2 aromatic heterocycles. The Labute approximate surface area is 116 Å². The molecule has 0 radical (unpaired) electrons. The van der Waals surface area contributed by atoms with Gasteiger partial charge in [0.25, 0.3) is 0 Å². The van der Waals surface area contributed by atoms with E-state index in [9.17, 15) is 4.79 Å². The number of carbonyl (C=O) groups is 1. The first-order valence-corrected chi connectivity index (χ1v) is 6.46. The summed E-state index contributed by atoms with van der Waals surface area (Å²) < 4.78 is 10.1. The number of aromatic nitrogens is 4. The molecule has 1 atom stereocenters. The molecule has 2 aromatic rings. The van der Waals surface area contributed by atoms with E-state index in [1.165, 1.54) is 0 Å². The third-order valence-electron chi connectivity index (χ3n) is 2.72. The van der Waals surface area contributed by atoms with E-state index >= 15 is 0 Å². The summed E-state index contributed by atoms with van der Waals surface area (Å²) in [5.74, 6) is 0.306. The molecule has 0 aliphatic heterocycles. The third kappa shape index (κ3) is 2.98. The van der Waals surface area contributed by atoms with E-state index in [1.54, 1.807) is 26.1 Å². The van der Waals surface area contributed by atoms with Crippen LogP contribution < -0.4 is 0 Å². The maximum absolute atomic E-state index is 11.8. The van der Waals surface area contributed by atoms with Crippen LogP contribution in [0.3, 0.4) is 0 Å². The van der Waals surface area contributed by atoms with Crippen LogP contribution in [0.25, 0.3) is 11.5 Å². The number of rotatable bonds is 5. The maximum atomic E-state index is 11.8. The topological polar surface area (TPSA) is 91.0 Å². The fourth-order valence-corrected chi connectivity index (χ4v) is 1.75. The number of esters is 1. The van der Waals surface area contributed by atoms with E-state index < -0.39 is 5.92 Å². The van der Waals surface area contributed by atoms with Crippen LogP contribution in [-0.4, -0.2) is 32.7 Å². The molecule has 7 heteroatoms. The first-order chi connectivity index (χ1) is 9.65. The average molecular weight is 276 g/mol. The molecule has 0 bridgehead atoms. The van der Waals surface area contributed by atoms with E-state index in [4.69, 9.17) is 9.26 Å². The maximum Gasteiger partial charge on any atom is 0.318 e. The van der Waals surface area contributed by atoms with Gasteiger partial charge in [-0.2, -0.15) is 4.98 Å². The summed E-state index contributed by atoms with van der Waals surface area (Å²) in [6.07, 6.45) is 2.15. The van der Waals surface area contributed by atoms with Crippen LogP contribution in [0.1, 0.15) is 37.9 Å². The Bertz CT molecular complexity index is 597. The molecular formula is C13H16N4O3. The standard InChI is InChI=1S/C13H16N4O3/c1-4-9(13(18)19-5-2)12-16-11(17-20-12)10-6-7-14-8(3)15-10/h6-7,9H,4-5H2,1-3H3. The predicted molar refractivity (Wildman–Crippen MR) is 69.7 cm³/mol. The molecule has 0 aromatic carbocycles. The highest BCUT2D eigenvalue weighted by atomic mass is 16.5. The highest BCUT2D eigenvalue weighted by Crippen LogP contribution is 2.22. The molecule has 0 fully saturated rings. The van der Waals surface area contributed by atoms with Crippen molar-refractivity contribution in [2.24, 2.45) is 0 Å². The lowest BCUT2D eigenvalue weighted by Crippen LogP contribution is -2.15. The number of carbonyl (C=O) groups excluding carboxylic acids is 1. The van der Waals surface area contributed by atoms with Crippen LogP contribution >= 0.6 is 0 Å². The van der Waals surface area contributed by atoms with Crippen molar-refractivity contribution in [3.8, 4) is 11.5 Å². The predicted octanol–water partition coefficient (Wildman–Crippen LogP) is 1.89. The van der Waals surface area contributed by atoms with E-state index in [0.717, 1.165) is 0 Å². The number of hydrogen-bond acceptors (Lipinski definition) is 7. The van der Waals surface area contributed by atoms with Gasteiger partial charge < -0.3 is 9.26 Å². The van der Waals surface area contributed by atoms with Gasteiger partial charge in [-0.1, -0.05) is 12.1 Å². The smallest absolute Gasteiger partial charge is 0.318 e. The summed E-state index contributed by atoms with van der Waals surface area (Å²) >= 11 is 0. The van der Waals surface area contributed by atoms with Crippen molar-refractivity contribution in [2.75, 3.05) is 6.61 Å². The van der Waals surface area contributed by atoms with Crippen molar-refractivity contribution in [2.45, 2.75) is 33.1 Å². The highest BCUT2D eigenvalue weighted by Gasteiger charge is 2.26. The zero-order valence-corrected chi connectivity index (χ0v) is 11.7. The first kappa shape index (κ1) is 14.1. The minimum Gasteiger partial charge on any atom is -0.465 e. The second-order valence-corrected chi connectivity index (χ2v) is 4.16. The molecule has 0 N–H and O–H groups in total. The largest absolute Gasteiger partial charge is 0.465 e. The molecule has 0 saturated carbocycles. The van der Waals surface area contributed by atoms with Gasteiger partial charge in [-0.3, -0.25) is 4.79 Å². The monoisotopic (exact) mass is 276 g/mol. The highest BCUT2D eigenvalue weighted by molar-refractivity contribution is 5.76. The van der Waals surface area contributed by atoms with Crippen LogP contribution in [-0.2, 0) is 9.53 Å². The molecule has 0 spiro atoms. The Morgan fingerprint density at radius 1 is 1.40 bits per heavy atom. The zero-order chi connectivity index (χ0) is 14.5.